The van der Waals surface area contributed by atoms with Gasteiger partial charge in [-0.3, -0.25) is 9.59 Å². The molecule has 36 heavy (non-hydrogen) atoms. The Morgan fingerprint density at radius 2 is 1.58 bits per heavy atom. The van der Waals surface area contributed by atoms with Crippen molar-refractivity contribution in [1.29, 1.82) is 0 Å². The summed E-state index contributed by atoms with van der Waals surface area (Å²) in [5.41, 5.74) is 1.19. The van der Waals surface area contributed by atoms with Gasteiger partial charge in [0.2, 0.25) is 0 Å². The van der Waals surface area contributed by atoms with Crippen LogP contribution in [0.25, 0.3) is 5.76 Å². The quantitative estimate of drug-likeness (QED) is 0.161. The lowest BCUT2D eigenvalue weighted by atomic mass is 9.95. The molecule has 7 nitrogen and oxygen atoms in total. The molecule has 7 heteroatoms. The summed E-state index contributed by atoms with van der Waals surface area (Å²) in [5.74, 6) is -0.276. The summed E-state index contributed by atoms with van der Waals surface area (Å²) in [5, 5.41) is 11.3. The molecule has 1 saturated heterocycles. The van der Waals surface area contributed by atoms with Gasteiger partial charge in [0, 0.05) is 19.2 Å². The molecule has 0 aromatic heterocycles. The van der Waals surface area contributed by atoms with Gasteiger partial charge in [-0.2, -0.15) is 0 Å². The summed E-state index contributed by atoms with van der Waals surface area (Å²) < 4.78 is 16.8. The second-order valence-corrected chi connectivity index (χ2v) is 8.84. The fourth-order valence-corrected chi connectivity index (χ4v) is 4.16. The largest absolute Gasteiger partial charge is 0.507 e. The van der Waals surface area contributed by atoms with Crippen molar-refractivity contribution in [2.75, 3.05) is 33.5 Å². The average molecular weight is 496 g/mol. The predicted octanol–water partition coefficient (Wildman–Crippen LogP) is 5.50. The first-order chi connectivity index (χ1) is 17.5. The molecule has 194 valence electrons. The molecule has 1 aliphatic rings. The molecule has 3 rings (SSSR count). The Morgan fingerprint density at radius 1 is 0.889 bits per heavy atom. The number of hydrogen-bond acceptors (Lipinski definition) is 6. The number of methoxy groups -OCH3 is 1. The van der Waals surface area contributed by atoms with Crippen molar-refractivity contribution >= 4 is 17.4 Å². The fraction of sp³-hybridized carbons (Fsp3) is 0.448. The van der Waals surface area contributed by atoms with Crippen molar-refractivity contribution in [3.63, 3.8) is 0 Å². The monoisotopic (exact) mass is 495 g/mol. The van der Waals surface area contributed by atoms with Crippen molar-refractivity contribution in [3.05, 3.63) is 65.2 Å². The zero-order valence-electron chi connectivity index (χ0n) is 21.5. The number of unbranched alkanes of at least 4 members (excludes halogenated alkanes) is 3. The Kier molecular flexibility index (Phi) is 10.4. The third-order valence-electron chi connectivity index (χ3n) is 6.16. The van der Waals surface area contributed by atoms with Crippen LogP contribution >= 0.6 is 0 Å². The lowest BCUT2D eigenvalue weighted by molar-refractivity contribution is -0.140. The van der Waals surface area contributed by atoms with Crippen molar-refractivity contribution < 1.29 is 28.9 Å². The molecule has 1 unspecified atom stereocenters. The first kappa shape index (κ1) is 27.3. The number of Topliss-reactive ketones (excluding diaryl/α,β-unsaturated/α-hetero) is 1. The van der Waals surface area contributed by atoms with Crippen LogP contribution in [0.4, 0.5) is 0 Å². The number of nitrogens with zero attached hydrogens (tertiary/aromatic N) is 1. The van der Waals surface area contributed by atoms with Crippen LogP contribution in [0.1, 0.15) is 63.1 Å². The number of amides is 1. The first-order valence-electron chi connectivity index (χ1n) is 12.7. The maximum Gasteiger partial charge on any atom is 0.295 e. The Balaban J connectivity index is 1.95. The standard InChI is InChI=1S/C29H37NO6/c1-4-6-8-18-35-23-14-12-21(13-15-23)26-25(28(32)29(33)30(26)16-19-34-3)27(31)22-10-9-11-24(20-22)36-17-7-5-2/h9-15,20,26,31H,4-8,16-19H2,1-3H3/b27-25+. The predicted molar refractivity (Wildman–Crippen MR) is 139 cm³/mol. The van der Waals surface area contributed by atoms with Gasteiger partial charge in [0.25, 0.3) is 11.7 Å². The minimum absolute atomic E-state index is 0.0541. The number of aliphatic hydroxyl groups excluding tert-OH is 1. The Labute approximate surface area is 213 Å². The van der Waals surface area contributed by atoms with Gasteiger partial charge in [0.05, 0.1) is 31.4 Å². The van der Waals surface area contributed by atoms with E-state index >= 15 is 0 Å². The highest BCUT2D eigenvalue weighted by atomic mass is 16.5. The second-order valence-electron chi connectivity index (χ2n) is 8.84. The Morgan fingerprint density at radius 3 is 2.28 bits per heavy atom. The molecule has 1 N–H and O–H groups in total. The normalized spacial score (nSPS) is 17.0. The SMILES string of the molecule is CCCCCOc1ccc(C2/C(=C(\O)c3cccc(OCCCC)c3)C(=O)C(=O)N2CCOC)cc1. The molecule has 2 aromatic rings. The van der Waals surface area contributed by atoms with Gasteiger partial charge in [0.15, 0.2) is 0 Å². The molecule has 2 aromatic carbocycles. The van der Waals surface area contributed by atoms with Crippen LogP contribution in [-0.2, 0) is 14.3 Å². The Bertz CT molecular complexity index is 1050. The van der Waals surface area contributed by atoms with Crippen LogP contribution in [0.2, 0.25) is 0 Å². The average Bonchev–Trinajstić information content (AvgIpc) is 3.15. The zero-order valence-corrected chi connectivity index (χ0v) is 21.5. The van der Waals surface area contributed by atoms with E-state index < -0.39 is 17.7 Å². The minimum Gasteiger partial charge on any atom is -0.507 e. The number of ketones is 1. The van der Waals surface area contributed by atoms with Crippen molar-refractivity contribution in [2.24, 2.45) is 0 Å². The van der Waals surface area contributed by atoms with Crippen LogP contribution in [0, 0.1) is 0 Å². The molecular formula is C29H37NO6. The maximum absolute atomic E-state index is 13.1. The summed E-state index contributed by atoms with van der Waals surface area (Å²) in [6.45, 7) is 5.91. The van der Waals surface area contributed by atoms with Crippen LogP contribution < -0.4 is 9.47 Å². The summed E-state index contributed by atoms with van der Waals surface area (Å²) in [6, 6.07) is 13.6. The number of carbonyl (C=O) groups is 2. The highest BCUT2D eigenvalue weighted by Gasteiger charge is 2.45. The van der Waals surface area contributed by atoms with Crippen molar-refractivity contribution in [1.82, 2.24) is 4.90 Å². The number of carbonyl (C=O) groups excluding carboxylic acids is 2. The highest BCUT2D eigenvalue weighted by Crippen LogP contribution is 2.40. The summed E-state index contributed by atoms with van der Waals surface area (Å²) in [6.07, 6.45) is 5.13. The number of rotatable bonds is 14. The number of aliphatic hydroxyl groups is 1. The second kappa shape index (κ2) is 13.7. The molecule has 1 atom stereocenters. The molecular weight excluding hydrogens is 458 g/mol. The van der Waals surface area contributed by atoms with Gasteiger partial charge >= 0.3 is 0 Å². The molecule has 1 heterocycles. The van der Waals surface area contributed by atoms with Gasteiger partial charge < -0.3 is 24.2 Å². The van der Waals surface area contributed by atoms with Gasteiger partial charge in [-0.25, -0.2) is 0 Å². The summed E-state index contributed by atoms with van der Waals surface area (Å²) >= 11 is 0. The maximum atomic E-state index is 13.1. The van der Waals surface area contributed by atoms with Crippen molar-refractivity contribution in [3.8, 4) is 11.5 Å². The lowest BCUT2D eigenvalue weighted by Crippen LogP contribution is -2.32. The third-order valence-corrected chi connectivity index (χ3v) is 6.16. The Hall–Kier alpha value is -3.32. The number of hydrogen-bond donors (Lipinski definition) is 1. The number of likely N-dealkylation sites (tertiary alicyclic amines) is 1. The van der Waals surface area contributed by atoms with E-state index in [0.29, 0.717) is 30.1 Å². The summed E-state index contributed by atoms with van der Waals surface area (Å²) in [4.78, 5) is 27.6. The van der Waals surface area contributed by atoms with Gasteiger partial charge in [0.1, 0.15) is 17.3 Å². The van der Waals surface area contributed by atoms with E-state index in [1.54, 1.807) is 31.4 Å². The van der Waals surface area contributed by atoms with Crippen molar-refractivity contribution in [2.45, 2.75) is 52.0 Å². The van der Waals surface area contributed by atoms with E-state index in [1.165, 1.54) is 4.90 Å². The van der Waals surface area contributed by atoms with Crippen LogP contribution in [-0.4, -0.2) is 55.2 Å². The number of benzene rings is 2. The van der Waals surface area contributed by atoms with E-state index in [-0.39, 0.29) is 24.5 Å². The molecule has 0 spiro atoms. The molecule has 1 aliphatic heterocycles. The van der Waals surface area contributed by atoms with Gasteiger partial charge in [-0.05, 0) is 42.7 Å². The van der Waals surface area contributed by atoms with E-state index in [1.807, 2.05) is 24.3 Å². The van der Waals surface area contributed by atoms with E-state index in [4.69, 9.17) is 14.2 Å². The minimum atomic E-state index is -0.737. The van der Waals surface area contributed by atoms with Crippen LogP contribution in [0.3, 0.4) is 0 Å². The topological polar surface area (TPSA) is 85.3 Å². The van der Waals surface area contributed by atoms with E-state index in [2.05, 4.69) is 13.8 Å². The van der Waals surface area contributed by atoms with Gasteiger partial charge in [-0.1, -0.05) is 57.4 Å². The molecule has 1 fully saturated rings. The smallest absolute Gasteiger partial charge is 0.295 e. The molecule has 0 saturated carbocycles. The number of ether oxygens (including phenoxy) is 3. The van der Waals surface area contributed by atoms with E-state index in [9.17, 15) is 14.7 Å². The molecule has 0 aliphatic carbocycles. The van der Waals surface area contributed by atoms with E-state index in [0.717, 1.165) is 37.9 Å². The van der Waals surface area contributed by atoms with Crippen LogP contribution in [0.15, 0.2) is 54.1 Å². The first-order valence-corrected chi connectivity index (χ1v) is 12.7. The summed E-state index contributed by atoms with van der Waals surface area (Å²) in [7, 11) is 1.54. The zero-order chi connectivity index (χ0) is 25.9. The lowest BCUT2D eigenvalue weighted by Gasteiger charge is -2.25. The molecule has 1 amide bonds. The fourth-order valence-electron chi connectivity index (χ4n) is 4.16. The highest BCUT2D eigenvalue weighted by molar-refractivity contribution is 6.46. The third kappa shape index (κ3) is 6.66. The van der Waals surface area contributed by atoms with Crippen LogP contribution in [0.5, 0.6) is 11.5 Å². The van der Waals surface area contributed by atoms with Gasteiger partial charge in [-0.15, -0.1) is 0 Å². The molecule has 0 radical (unpaired) electrons. The molecule has 0 bridgehead atoms.